The van der Waals surface area contributed by atoms with E-state index in [4.69, 9.17) is 0 Å². The minimum absolute atomic E-state index is 0.748. The summed E-state index contributed by atoms with van der Waals surface area (Å²) in [4.78, 5) is 13.3. The van der Waals surface area contributed by atoms with E-state index in [9.17, 15) is 0 Å². The second kappa shape index (κ2) is 6.54. The van der Waals surface area contributed by atoms with Gasteiger partial charge in [0.05, 0.1) is 0 Å². The van der Waals surface area contributed by atoms with Crippen molar-refractivity contribution >= 4 is 11.8 Å². The van der Waals surface area contributed by atoms with Crippen molar-refractivity contribution in [2.24, 2.45) is 0 Å². The predicted molar refractivity (Wildman–Crippen MR) is 75.1 cm³/mol. The summed E-state index contributed by atoms with van der Waals surface area (Å²) < 4.78 is 0. The fourth-order valence-electron chi connectivity index (χ4n) is 2.15. The van der Waals surface area contributed by atoms with Crippen LogP contribution in [0.3, 0.4) is 0 Å². The van der Waals surface area contributed by atoms with E-state index in [2.05, 4.69) is 39.2 Å². The van der Waals surface area contributed by atoms with Gasteiger partial charge < -0.3 is 15.1 Å². The Hall–Kier alpha value is -1.36. The fourth-order valence-corrected chi connectivity index (χ4v) is 2.15. The van der Waals surface area contributed by atoms with E-state index in [0.29, 0.717) is 0 Å². The molecule has 1 aromatic rings. The summed E-state index contributed by atoms with van der Waals surface area (Å²) in [6.07, 6.45) is 5.49. The van der Waals surface area contributed by atoms with E-state index < -0.39 is 0 Å². The summed E-state index contributed by atoms with van der Waals surface area (Å²) in [6.45, 7) is 4.24. The van der Waals surface area contributed by atoms with Crippen LogP contribution in [0.1, 0.15) is 19.3 Å². The third-order valence-corrected chi connectivity index (χ3v) is 3.14. The first-order valence-corrected chi connectivity index (χ1v) is 6.72. The number of hydrogen-bond acceptors (Lipinski definition) is 5. The normalized spacial score (nSPS) is 15.4. The Morgan fingerprint density at radius 1 is 1.33 bits per heavy atom. The van der Waals surface area contributed by atoms with E-state index in [1.54, 1.807) is 0 Å². The zero-order valence-electron chi connectivity index (χ0n) is 11.4. The first-order valence-electron chi connectivity index (χ1n) is 6.72. The molecule has 2 heterocycles. The Morgan fingerprint density at radius 3 is 2.83 bits per heavy atom. The molecule has 1 N–H and O–H groups in total. The largest absolute Gasteiger partial charge is 0.356 e. The van der Waals surface area contributed by atoms with Crippen molar-refractivity contribution < 1.29 is 0 Å². The molecule has 1 saturated heterocycles. The molecule has 0 saturated carbocycles. The van der Waals surface area contributed by atoms with Gasteiger partial charge in [0.15, 0.2) is 0 Å². The van der Waals surface area contributed by atoms with Crippen molar-refractivity contribution in [3.05, 3.63) is 12.3 Å². The predicted octanol–water partition coefficient (Wildman–Crippen LogP) is 1.44. The highest BCUT2D eigenvalue weighted by Gasteiger charge is 2.13. The van der Waals surface area contributed by atoms with Crippen LogP contribution >= 0.6 is 0 Å². The average Bonchev–Trinajstić information content (AvgIpc) is 2.89. The molecule has 0 radical (unpaired) electrons. The minimum atomic E-state index is 0.748. The van der Waals surface area contributed by atoms with Gasteiger partial charge in [0, 0.05) is 25.8 Å². The molecule has 0 spiro atoms. The summed E-state index contributed by atoms with van der Waals surface area (Å²) in [5.41, 5.74) is 0. The summed E-state index contributed by atoms with van der Waals surface area (Å²) in [6, 6.07) is 2.00. The summed E-state index contributed by atoms with van der Waals surface area (Å²) in [7, 11) is 4.18. The molecule has 0 atom stereocenters. The second-order valence-electron chi connectivity index (χ2n) is 5.02. The lowest BCUT2D eigenvalue weighted by Gasteiger charge is -2.16. The van der Waals surface area contributed by atoms with Crippen molar-refractivity contribution in [3.63, 3.8) is 0 Å². The average molecular weight is 249 g/mol. The van der Waals surface area contributed by atoms with Crippen LogP contribution in [0.25, 0.3) is 0 Å². The Morgan fingerprint density at radius 2 is 2.11 bits per heavy atom. The van der Waals surface area contributed by atoms with Crippen LogP contribution in [0.4, 0.5) is 11.8 Å². The van der Waals surface area contributed by atoms with E-state index in [1.165, 1.54) is 12.8 Å². The van der Waals surface area contributed by atoms with Gasteiger partial charge in [0.1, 0.15) is 5.82 Å². The molecule has 0 aromatic carbocycles. The number of nitrogens with zero attached hydrogens (tertiary/aromatic N) is 4. The van der Waals surface area contributed by atoms with E-state index in [1.807, 2.05) is 12.3 Å². The van der Waals surface area contributed by atoms with Gasteiger partial charge in [-0.05, 0) is 46.0 Å². The number of anilines is 2. The maximum Gasteiger partial charge on any atom is 0.224 e. The molecule has 5 heteroatoms. The van der Waals surface area contributed by atoms with Crippen LogP contribution in [0.2, 0.25) is 0 Å². The van der Waals surface area contributed by atoms with Crippen molar-refractivity contribution in [2.75, 3.05) is 50.5 Å². The van der Waals surface area contributed by atoms with Crippen LogP contribution in [0, 0.1) is 0 Å². The van der Waals surface area contributed by atoms with Gasteiger partial charge in [-0.3, -0.25) is 0 Å². The molecule has 1 aliphatic heterocycles. The lowest BCUT2D eigenvalue weighted by molar-refractivity contribution is 0.405. The Bertz CT molecular complexity index is 360. The third-order valence-electron chi connectivity index (χ3n) is 3.14. The second-order valence-corrected chi connectivity index (χ2v) is 5.02. The van der Waals surface area contributed by atoms with Gasteiger partial charge in [-0.1, -0.05) is 0 Å². The van der Waals surface area contributed by atoms with Crippen molar-refractivity contribution in [2.45, 2.75) is 19.3 Å². The van der Waals surface area contributed by atoms with Crippen molar-refractivity contribution in [1.82, 2.24) is 14.9 Å². The highest BCUT2D eigenvalue weighted by atomic mass is 15.2. The van der Waals surface area contributed by atoms with Crippen molar-refractivity contribution in [1.29, 1.82) is 0 Å². The molecule has 1 aromatic heterocycles. The molecule has 2 rings (SSSR count). The number of aromatic nitrogens is 2. The van der Waals surface area contributed by atoms with Crippen LogP contribution in [-0.4, -0.2) is 55.1 Å². The molecule has 0 amide bonds. The van der Waals surface area contributed by atoms with E-state index in [-0.39, 0.29) is 0 Å². The van der Waals surface area contributed by atoms with Gasteiger partial charge in [-0.15, -0.1) is 0 Å². The maximum atomic E-state index is 4.56. The molecule has 100 valence electrons. The molecule has 5 nitrogen and oxygen atoms in total. The monoisotopic (exact) mass is 249 g/mol. The zero-order valence-corrected chi connectivity index (χ0v) is 11.4. The van der Waals surface area contributed by atoms with E-state index >= 15 is 0 Å². The summed E-state index contributed by atoms with van der Waals surface area (Å²) in [5.74, 6) is 1.80. The maximum absolute atomic E-state index is 4.56. The summed E-state index contributed by atoms with van der Waals surface area (Å²) >= 11 is 0. The number of rotatable bonds is 6. The molecule has 1 aliphatic rings. The van der Waals surface area contributed by atoms with Crippen LogP contribution in [-0.2, 0) is 0 Å². The highest BCUT2D eigenvalue weighted by Crippen LogP contribution is 2.17. The lowest BCUT2D eigenvalue weighted by Crippen LogP contribution is -2.20. The fraction of sp³-hybridized carbons (Fsp3) is 0.692. The molecular weight excluding hydrogens is 226 g/mol. The molecule has 18 heavy (non-hydrogen) atoms. The zero-order chi connectivity index (χ0) is 12.8. The Balaban J connectivity index is 1.83. The Kier molecular flexibility index (Phi) is 4.75. The molecule has 1 fully saturated rings. The van der Waals surface area contributed by atoms with Gasteiger partial charge in [-0.25, -0.2) is 4.98 Å². The standard InChI is InChI=1S/C13H23N5/c1-17(2)9-5-7-14-13-15-8-6-12(16-13)18-10-3-4-11-18/h6,8H,3-5,7,9-11H2,1-2H3,(H,14,15,16). The number of hydrogen-bond donors (Lipinski definition) is 1. The first kappa shape index (κ1) is 13.1. The van der Waals surface area contributed by atoms with Crippen LogP contribution < -0.4 is 10.2 Å². The molecule has 0 aliphatic carbocycles. The molecule has 0 unspecified atom stereocenters. The number of nitrogens with one attached hydrogen (secondary N) is 1. The SMILES string of the molecule is CN(C)CCCNc1nccc(N2CCCC2)n1. The van der Waals surface area contributed by atoms with Gasteiger partial charge in [-0.2, -0.15) is 4.98 Å². The minimum Gasteiger partial charge on any atom is -0.356 e. The van der Waals surface area contributed by atoms with Crippen LogP contribution in [0.15, 0.2) is 12.3 Å². The lowest BCUT2D eigenvalue weighted by atomic mass is 10.4. The van der Waals surface area contributed by atoms with Crippen molar-refractivity contribution in [3.8, 4) is 0 Å². The molecular formula is C13H23N5. The smallest absolute Gasteiger partial charge is 0.224 e. The first-order chi connectivity index (χ1) is 8.75. The molecule has 0 bridgehead atoms. The third kappa shape index (κ3) is 3.84. The van der Waals surface area contributed by atoms with Gasteiger partial charge in [0.25, 0.3) is 0 Å². The quantitative estimate of drug-likeness (QED) is 0.773. The van der Waals surface area contributed by atoms with Gasteiger partial charge in [0.2, 0.25) is 5.95 Å². The topological polar surface area (TPSA) is 44.3 Å². The van der Waals surface area contributed by atoms with Crippen LogP contribution in [0.5, 0.6) is 0 Å². The van der Waals surface area contributed by atoms with Gasteiger partial charge >= 0.3 is 0 Å². The highest BCUT2D eigenvalue weighted by molar-refractivity contribution is 5.43. The Labute approximate surface area is 109 Å². The summed E-state index contributed by atoms with van der Waals surface area (Å²) in [5, 5.41) is 3.29. The van der Waals surface area contributed by atoms with E-state index in [0.717, 1.165) is 44.4 Å².